The van der Waals surface area contributed by atoms with Crippen LogP contribution in [-0.4, -0.2) is 72.7 Å². The lowest BCUT2D eigenvalue weighted by molar-refractivity contribution is -0.140. The third-order valence-electron chi connectivity index (χ3n) is 8.22. The molecule has 1 N–H and O–H groups in total. The molecule has 4 aromatic rings. The van der Waals surface area contributed by atoms with Crippen molar-refractivity contribution < 1.29 is 37.0 Å². The van der Waals surface area contributed by atoms with Crippen molar-refractivity contribution in [2.24, 2.45) is 0 Å². The summed E-state index contributed by atoms with van der Waals surface area (Å²) < 4.78 is 52.9. The summed E-state index contributed by atoms with van der Waals surface area (Å²) in [5.41, 5.74) is 1.64. The highest BCUT2D eigenvalue weighted by molar-refractivity contribution is 9.10. The van der Waals surface area contributed by atoms with E-state index >= 15 is 0 Å². The fraction of sp³-hybridized carbons (Fsp3) is 0.316. The van der Waals surface area contributed by atoms with Gasteiger partial charge in [0.25, 0.3) is 10.0 Å². The van der Waals surface area contributed by atoms with Gasteiger partial charge in [0, 0.05) is 36.1 Å². The van der Waals surface area contributed by atoms with Crippen molar-refractivity contribution in [2.45, 2.75) is 43.7 Å². The molecule has 0 saturated carbocycles. The highest BCUT2D eigenvalue weighted by Gasteiger charge is 2.36. The summed E-state index contributed by atoms with van der Waals surface area (Å²) >= 11 is 3.51. The quantitative estimate of drug-likeness (QED) is 0.118. The van der Waals surface area contributed by atoms with Gasteiger partial charge in [0.1, 0.15) is 24.1 Å². The van der Waals surface area contributed by atoms with Gasteiger partial charge < -0.3 is 29.2 Å². The maximum absolute atomic E-state index is 14.8. The molecule has 51 heavy (non-hydrogen) atoms. The maximum atomic E-state index is 14.8. The molecule has 0 unspecified atom stereocenters. The van der Waals surface area contributed by atoms with Crippen LogP contribution in [0, 0.1) is 0 Å². The van der Waals surface area contributed by atoms with Crippen molar-refractivity contribution >= 4 is 43.5 Å². The SMILES string of the molecule is CCCCNC(=O)[C@H](Cc1ccccc1)N(Cc1cccc(Br)c1)C(=O)CN(c1cc(OC)ccc1OC)S(=O)(=O)c1ccc(OC)c(OC)c1. The monoisotopic (exact) mass is 781 g/mol. The van der Waals surface area contributed by atoms with Crippen molar-refractivity contribution in [3.05, 3.63) is 107 Å². The molecule has 0 aliphatic heterocycles. The molecule has 0 aliphatic carbocycles. The molecule has 0 bridgehead atoms. The Hall–Kier alpha value is -4.75. The van der Waals surface area contributed by atoms with Gasteiger partial charge in [-0.3, -0.25) is 13.9 Å². The van der Waals surface area contributed by atoms with Crippen LogP contribution in [0.4, 0.5) is 5.69 Å². The molecule has 0 heterocycles. The predicted octanol–water partition coefficient (Wildman–Crippen LogP) is 6.24. The van der Waals surface area contributed by atoms with Crippen LogP contribution >= 0.6 is 15.9 Å². The zero-order chi connectivity index (χ0) is 37.0. The molecule has 4 aromatic carbocycles. The maximum Gasteiger partial charge on any atom is 0.265 e. The summed E-state index contributed by atoms with van der Waals surface area (Å²) in [7, 11) is 1.22. The second-order valence-corrected chi connectivity index (χ2v) is 14.3. The molecule has 13 heteroatoms. The molecule has 0 fully saturated rings. The van der Waals surface area contributed by atoms with Crippen molar-refractivity contribution in [1.82, 2.24) is 10.2 Å². The Morgan fingerprint density at radius 3 is 2.12 bits per heavy atom. The number of hydrogen-bond donors (Lipinski definition) is 1. The van der Waals surface area contributed by atoms with Crippen LogP contribution in [0.15, 0.2) is 100 Å². The summed E-state index contributed by atoms with van der Waals surface area (Å²) in [5.74, 6) is 0.0826. The van der Waals surface area contributed by atoms with E-state index < -0.39 is 28.5 Å². The van der Waals surface area contributed by atoms with Gasteiger partial charge in [0.2, 0.25) is 11.8 Å². The van der Waals surface area contributed by atoms with Gasteiger partial charge in [0.05, 0.1) is 39.0 Å². The zero-order valence-electron chi connectivity index (χ0n) is 29.4. The Morgan fingerprint density at radius 1 is 0.784 bits per heavy atom. The largest absolute Gasteiger partial charge is 0.497 e. The molecular formula is C38H44BrN3O8S. The number of methoxy groups -OCH3 is 4. The minimum Gasteiger partial charge on any atom is -0.497 e. The number of ether oxygens (including phenoxy) is 4. The number of halogens is 1. The van der Waals surface area contributed by atoms with E-state index in [1.807, 2.05) is 61.5 Å². The smallest absolute Gasteiger partial charge is 0.265 e. The standard InChI is InChI=1S/C38H44BrN3O8S/c1-6-7-20-40-38(44)33(22-27-12-9-8-10-13-27)41(25-28-14-11-15-29(39)21-28)37(43)26-42(32-23-30(47-2)16-18-34(32)48-3)51(45,46)31-17-19-35(49-4)36(24-31)50-5/h8-19,21,23-24,33H,6-7,20,22,25-26H2,1-5H3,(H,40,44)/t33-/m0/s1. The van der Waals surface area contributed by atoms with E-state index in [2.05, 4.69) is 21.2 Å². The van der Waals surface area contributed by atoms with Crippen LogP contribution in [0.2, 0.25) is 0 Å². The number of rotatable bonds is 18. The first kappa shape index (κ1) is 39.0. The van der Waals surface area contributed by atoms with Crippen LogP contribution in [-0.2, 0) is 32.6 Å². The first-order chi connectivity index (χ1) is 24.6. The summed E-state index contributed by atoms with van der Waals surface area (Å²) in [5, 5.41) is 3.00. The van der Waals surface area contributed by atoms with Gasteiger partial charge in [-0.15, -0.1) is 0 Å². The minimum absolute atomic E-state index is 0.0243. The second-order valence-electron chi connectivity index (χ2n) is 11.6. The van der Waals surface area contributed by atoms with Crippen molar-refractivity contribution in [2.75, 3.05) is 45.8 Å². The number of carbonyl (C=O) groups excluding carboxylic acids is 2. The van der Waals surface area contributed by atoms with Crippen LogP contribution in [0.25, 0.3) is 0 Å². The number of amides is 2. The van der Waals surface area contributed by atoms with E-state index in [1.54, 1.807) is 12.1 Å². The van der Waals surface area contributed by atoms with E-state index in [4.69, 9.17) is 18.9 Å². The van der Waals surface area contributed by atoms with Gasteiger partial charge in [-0.05, 0) is 53.9 Å². The topological polar surface area (TPSA) is 124 Å². The number of hydrogen-bond acceptors (Lipinski definition) is 8. The molecule has 1 atom stereocenters. The summed E-state index contributed by atoms with van der Waals surface area (Å²) in [4.78, 5) is 30.1. The van der Waals surface area contributed by atoms with E-state index in [-0.39, 0.29) is 41.0 Å². The molecule has 0 aliphatic rings. The number of nitrogens with zero attached hydrogens (tertiary/aromatic N) is 2. The number of carbonyl (C=O) groups is 2. The zero-order valence-corrected chi connectivity index (χ0v) is 31.8. The van der Waals surface area contributed by atoms with E-state index in [0.717, 1.165) is 32.7 Å². The highest BCUT2D eigenvalue weighted by atomic mass is 79.9. The molecule has 0 aromatic heterocycles. The molecule has 4 rings (SSSR count). The normalized spacial score (nSPS) is 11.6. The van der Waals surface area contributed by atoms with Gasteiger partial charge in [0.15, 0.2) is 11.5 Å². The minimum atomic E-state index is -4.49. The Morgan fingerprint density at radius 2 is 1.47 bits per heavy atom. The van der Waals surface area contributed by atoms with Gasteiger partial charge >= 0.3 is 0 Å². The van der Waals surface area contributed by atoms with Gasteiger partial charge in [-0.1, -0.05) is 71.7 Å². The Bertz CT molecular complexity index is 1890. The summed E-state index contributed by atoms with van der Waals surface area (Å²) in [6.45, 7) is 1.80. The van der Waals surface area contributed by atoms with Crippen molar-refractivity contribution in [1.29, 1.82) is 0 Å². The Kier molecular flexibility index (Phi) is 14.1. The third-order valence-corrected chi connectivity index (χ3v) is 10.5. The first-order valence-corrected chi connectivity index (χ1v) is 18.6. The van der Waals surface area contributed by atoms with Gasteiger partial charge in [-0.2, -0.15) is 0 Å². The highest BCUT2D eigenvalue weighted by Crippen LogP contribution is 2.38. The van der Waals surface area contributed by atoms with E-state index in [0.29, 0.717) is 18.0 Å². The number of nitrogens with one attached hydrogen (secondary N) is 1. The molecule has 11 nitrogen and oxygen atoms in total. The van der Waals surface area contributed by atoms with Crippen LogP contribution in [0.1, 0.15) is 30.9 Å². The molecule has 0 radical (unpaired) electrons. The molecule has 0 spiro atoms. The van der Waals surface area contributed by atoms with Crippen molar-refractivity contribution in [3.63, 3.8) is 0 Å². The molecule has 2 amide bonds. The first-order valence-electron chi connectivity index (χ1n) is 16.4. The number of sulfonamides is 1. The summed E-state index contributed by atoms with van der Waals surface area (Å²) in [6, 6.07) is 24.7. The number of anilines is 1. The van der Waals surface area contributed by atoms with Gasteiger partial charge in [-0.25, -0.2) is 8.42 Å². The average molecular weight is 783 g/mol. The lowest BCUT2D eigenvalue weighted by Crippen LogP contribution is -2.53. The molecule has 0 saturated heterocycles. The fourth-order valence-electron chi connectivity index (χ4n) is 5.50. The lowest BCUT2D eigenvalue weighted by Gasteiger charge is -2.34. The number of unbranched alkanes of at least 4 members (excludes halogenated alkanes) is 1. The third kappa shape index (κ3) is 9.95. The predicted molar refractivity (Wildman–Crippen MR) is 200 cm³/mol. The molecular weight excluding hydrogens is 738 g/mol. The van der Waals surface area contributed by atoms with Crippen molar-refractivity contribution in [3.8, 4) is 23.0 Å². The fourth-order valence-corrected chi connectivity index (χ4v) is 7.38. The molecule has 272 valence electrons. The summed E-state index contributed by atoms with van der Waals surface area (Å²) in [6.07, 6.45) is 1.83. The van der Waals surface area contributed by atoms with Crippen LogP contribution < -0.4 is 28.6 Å². The van der Waals surface area contributed by atoms with Crippen LogP contribution in [0.3, 0.4) is 0 Å². The number of benzene rings is 4. The Labute approximate surface area is 308 Å². The average Bonchev–Trinajstić information content (AvgIpc) is 3.14. The Balaban J connectivity index is 1.89. The van der Waals surface area contributed by atoms with E-state index in [9.17, 15) is 18.0 Å². The van der Waals surface area contributed by atoms with E-state index in [1.165, 1.54) is 57.6 Å². The lowest BCUT2D eigenvalue weighted by atomic mass is 10.0. The second kappa shape index (κ2) is 18.5. The van der Waals surface area contributed by atoms with Crippen LogP contribution in [0.5, 0.6) is 23.0 Å².